The third-order valence-electron chi connectivity index (χ3n) is 4.13. The number of aryl methyl sites for hydroxylation is 1. The predicted molar refractivity (Wildman–Crippen MR) is 104 cm³/mol. The van der Waals surface area contributed by atoms with Crippen LogP contribution in [0.5, 0.6) is 0 Å². The predicted octanol–water partition coefficient (Wildman–Crippen LogP) is 3.64. The van der Waals surface area contributed by atoms with Crippen LogP contribution in [0.4, 0.5) is 11.6 Å². The van der Waals surface area contributed by atoms with E-state index in [0.29, 0.717) is 23.9 Å². The molecule has 2 N–H and O–H groups in total. The Morgan fingerprint density at radius 1 is 1.29 bits per heavy atom. The van der Waals surface area contributed by atoms with Crippen LogP contribution in [0.25, 0.3) is 11.3 Å². The molecule has 1 aromatic carbocycles. The third kappa shape index (κ3) is 4.32. The van der Waals surface area contributed by atoms with Gasteiger partial charge in [0.15, 0.2) is 0 Å². The van der Waals surface area contributed by atoms with Crippen LogP contribution >= 0.6 is 0 Å². The van der Waals surface area contributed by atoms with Gasteiger partial charge in [-0.25, -0.2) is 14.8 Å². The summed E-state index contributed by atoms with van der Waals surface area (Å²) in [5.41, 5.74) is 2.82. The zero-order valence-corrected chi connectivity index (χ0v) is 15.8. The normalized spacial score (nSPS) is 11.1. The number of anilines is 2. The zero-order chi connectivity index (χ0) is 20.3. The Kier molecular flexibility index (Phi) is 5.09. The topological polar surface area (TPSA) is 117 Å². The van der Waals surface area contributed by atoms with Crippen LogP contribution in [0, 0.1) is 23.7 Å². The number of carboxylic acids is 1. The van der Waals surface area contributed by atoms with Gasteiger partial charge in [0.1, 0.15) is 0 Å². The van der Waals surface area contributed by atoms with Crippen LogP contribution in [0.3, 0.4) is 0 Å². The highest BCUT2D eigenvalue weighted by Gasteiger charge is 2.18. The van der Waals surface area contributed by atoms with Crippen LogP contribution in [-0.2, 0) is 6.54 Å². The number of aromatic carboxylic acids is 1. The molecular formula is C20H20N6O2. The summed E-state index contributed by atoms with van der Waals surface area (Å²) in [6, 6.07) is 8.80. The number of benzene rings is 1. The van der Waals surface area contributed by atoms with E-state index >= 15 is 0 Å². The molecule has 0 amide bonds. The Balaban J connectivity index is 1.81. The van der Waals surface area contributed by atoms with Crippen molar-refractivity contribution in [1.82, 2.24) is 19.7 Å². The summed E-state index contributed by atoms with van der Waals surface area (Å²) in [7, 11) is 0. The number of aromatic nitrogens is 4. The molecule has 0 fully saturated rings. The van der Waals surface area contributed by atoms with Crippen LogP contribution in [0.2, 0.25) is 0 Å². The second kappa shape index (κ2) is 7.48. The molecule has 0 bridgehead atoms. The van der Waals surface area contributed by atoms with Crippen molar-refractivity contribution in [3.63, 3.8) is 0 Å². The molecule has 2 heterocycles. The molecule has 0 saturated carbocycles. The fraction of sp³-hybridized carbons (Fsp3) is 0.250. The van der Waals surface area contributed by atoms with Gasteiger partial charge in [-0.2, -0.15) is 10.4 Å². The molecular weight excluding hydrogens is 356 g/mol. The summed E-state index contributed by atoms with van der Waals surface area (Å²) in [5, 5.41) is 25.6. The lowest BCUT2D eigenvalue weighted by Gasteiger charge is -2.14. The van der Waals surface area contributed by atoms with E-state index in [4.69, 9.17) is 10.4 Å². The third-order valence-corrected chi connectivity index (χ3v) is 4.13. The Morgan fingerprint density at radius 3 is 2.64 bits per heavy atom. The molecule has 0 radical (unpaired) electrons. The van der Waals surface area contributed by atoms with Gasteiger partial charge in [-0.1, -0.05) is 12.1 Å². The summed E-state index contributed by atoms with van der Waals surface area (Å²) < 4.78 is 1.70. The summed E-state index contributed by atoms with van der Waals surface area (Å²) in [6.45, 7) is 6.08. The lowest BCUT2D eigenvalue weighted by atomic mass is 9.96. The number of nitrogens with one attached hydrogen (secondary N) is 1. The first-order chi connectivity index (χ1) is 13.3. The van der Waals surface area contributed by atoms with E-state index in [-0.39, 0.29) is 5.56 Å². The molecule has 0 spiro atoms. The van der Waals surface area contributed by atoms with Crippen molar-refractivity contribution in [2.75, 3.05) is 5.32 Å². The number of hydrogen-bond acceptors (Lipinski definition) is 6. The lowest BCUT2D eigenvalue weighted by molar-refractivity contribution is 0.0697. The molecule has 2 aromatic heterocycles. The van der Waals surface area contributed by atoms with Crippen LogP contribution in [0.1, 0.15) is 29.8 Å². The van der Waals surface area contributed by atoms with Crippen molar-refractivity contribution < 1.29 is 9.90 Å². The maximum absolute atomic E-state index is 11.0. The fourth-order valence-corrected chi connectivity index (χ4v) is 2.65. The molecule has 28 heavy (non-hydrogen) atoms. The van der Waals surface area contributed by atoms with Crippen molar-refractivity contribution in [3.8, 4) is 17.3 Å². The van der Waals surface area contributed by atoms with E-state index in [2.05, 4.69) is 26.5 Å². The molecule has 3 aromatic rings. The van der Waals surface area contributed by atoms with E-state index in [1.54, 1.807) is 47.5 Å². The smallest absolute Gasteiger partial charge is 0.335 e. The first-order valence-electron chi connectivity index (χ1n) is 8.65. The van der Waals surface area contributed by atoms with E-state index in [9.17, 15) is 4.79 Å². The lowest BCUT2D eigenvalue weighted by Crippen LogP contribution is -2.17. The number of nitriles is 1. The van der Waals surface area contributed by atoms with Gasteiger partial charge >= 0.3 is 5.97 Å². The molecule has 0 atom stereocenters. The molecule has 0 aliphatic carbocycles. The summed E-state index contributed by atoms with van der Waals surface area (Å²) in [4.78, 5) is 19.9. The van der Waals surface area contributed by atoms with Crippen LogP contribution < -0.4 is 5.32 Å². The van der Waals surface area contributed by atoms with Gasteiger partial charge in [-0.05, 0) is 38.5 Å². The molecule has 0 unspecified atom stereocenters. The minimum absolute atomic E-state index is 0.224. The van der Waals surface area contributed by atoms with Crippen molar-refractivity contribution in [3.05, 3.63) is 54.0 Å². The SMILES string of the molecule is Cc1cnc(Nc2cnn(CC(C)(C)C#N)c2)nc1-c1ccc(C(=O)O)cc1. The number of nitrogens with zero attached hydrogens (tertiary/aromatic N) is 5. The fourth-order valence-electron chi connectivity index (χ4n) is 2.65. The highest BCUT2D eigenvalue weighted by atomic mass is 16.4. The second-order valence-corrected chi connectivity index (χ2v) is 7.16. The number of carboxylic acid groups (broad SMARTS) is 1. The quantitative estimate of drug-likeness (QED) is 0.674. The minimum atomic E-state index is -0.968. The Labute approximate surface area is 162 Å². The summed E-state index contributed by atoms with van der Waals surface area (Å²) in [5.74, 6) is -0.563. The van der Waals surface area contributed by atoms with Gasteiger partial charge in [0.25, 0.3) is 0 Å². The van der Waals surface area contributed by atoms with E-state index in [1.165, 1.54) is 0 Å². The maximum atomic E-state index is 11.0. The van der Waals surface area contributed by atoms with Crippen molar-refractivity contribution in [2.45, 2.75) is 27.3 Å². The number of rotatable bonds is 6. The molecule has 0 aliphatic heterocycles. The van der Waals surface area contributed by atoms with Crippen molar-refractivity contribution >= 4 is 17.6 Å². The van der Waals surface area contributed by atoms with Gasteiger partial charge in [0.2, 0.25) is 5.95 Å². The first-order valence-corrected chi connectivity index (χ1v) is 8.65. The standard InChI is InChI=1S/C20H20N6O2/c1-13-8-22-19(24-16-9-23-26(10-16)12-20(2,3)11-21)25-17(13)14-4-6-15(7-5-14)18(27)28/h4-10H,12H2,1-3H3,(H,27,28)(H,22,24,25). The van der Waals surface area contributed by atoms with E-state index in [0.717, 1.165) is 11.1 Å². The Bertz CT molecular complexity index is 1050. The van der Waals surface area contributed by atoms with Gasteiger partial charge < -0.3 is 10.4 Å². The molecule has 3 rings (SSSR count). The van der Waals surface area contributed by atoms with Crippen molar-refractivity contribution in [2.24, 2.45) is 5.41 Å². The Hall–Kier alpha value is -3.73. The summed E-state index contributed by atoms with van der Waals surface area (Å²) >= 11 is 0. The maximum Gasteiger partial charge on any atom is 0.335 e. The van der Waals surface area contributed by atoms with Gasteiger partial charge in [-0.3, -0.25) is 4.68 Å². The van der Waals surface area contributed by atoms with E-state index in [1.807, 2.05) is 20.8 Å². The second-order valence-electron chi connectivity index (χ2n) is 7.16. The molecule has 142 valence electrons. The van der Waals surface area contributed by atoms with Gasteiger partial charge in [0, 0.05) is 18.0 Å². The number of carbonyl (C=O) groups is 1. The molecule has 8 nitrogen and oxygen atoms in total. The average molecular weight is 376 g/mol. The Morgan fingerprint density at radius 2 is 2.00 bits per heavy atom. The monoisotopic (exact) mass is 376 g/mol. The molecule has 0 aliphatic rings. The highest BCUT2D eigenvalue weighted by molar-refractivity contribution is 5.88. The highest BCUT2D eigenvalue weighted by Crippen LogP contribution is 2.24. The number of hydrogen-bond donors (Lipinski definition) is 2. The largest absolute Gasteiger partial charge is 0.478 e. The van der Waals surface area contributed by atoms with Gasteiger partial charge in [-0.15, -0.1) is 0 Å². The first kappa shape index (κ1) is 19.0. The van der Waals surface area contributed by atoms with Crippen molar-refractivity contribution in [1.29, 1.82) is 5.26 Å². The van der Waals surface area contributed by atoms with Gasteiger partial charge in [0.05, 0.1) is 41.2 Å². The van der Waals surface area contributed by atoms with Crippen LogP contribution in [0.15, 0.2) is 42.9 Å². The average Bonchev–Trinajstić information content (AvgIpc) is 3.09. The molecule has 8 heteroatoms. The summed E-state index contributed by atoms with van der Waals surface area (Å²) in [6.07, 6.45) is 5.15. The van der Waals surface area contributed by atoms with Crippen LogP contribution in [-0.4, -0.2) is 30.8 Å². The van der Waals surface area contributed by atoms with E-state index < -0.39 is 11.4 Å². The molecule has 0 saturated heterocycles. The minimum Gasteiger partial charge on any atom is -0.478 e. The zero-order valence-electron chi connectivity index (χ0n) is 15.8.